The summed E-state index contributed by atoms with van der Waals surface area (Å²) in [6.45, 7) is 9.64. The third kappa shape index (κ3) is 5.09. The SMILES string of the molecule is CCCC(CNC(C)C)Oc1ccccc1CC. The molecule has 0 aromatic heterocycles. The third-order valence-corrected chi connectivity index (χ3v) is 3.01. The first kappa shape index (κ1) is 15.0. The molecule has 2 heteroatoms. The minimum absolute atomic E-state index is 0.269. The van der Waals surface area contributed by atoms with Crippen molar-refractivity contribution in [1.29, 1.82) is 0 Å². The lowest BCUT2D eigenvalue weighted by atomic mass is 10.1. The molecule has 0 aliphatic heterocycles. The first-order chi connectivity index (χ1) is 8.67. The van der Waals surface area contributed by atoms with Gasteiger partial charge in [-0.2, -0.15) is 0 Å². The van der Waals surface area contributed by atoms with E-state index in [4.69, 9.17) is 4.74 Å². The quantitative estimate of drug-likeness (QED) is 0.756. The molecule has 0 aliphatic carbocycles. The van der Waals surface area contributed by atoms with E-state index in [1.54, 1.807) is 0 Å². The van der Waals surface area contributed by atoms with E-state index in [1.165, 1.54) is 5.56 Å². The number of hydrogen-bond donors (Lipinski definition) is 1. The van der Waals surface area contributed by atoms with E-state index < -0.39 is 0 Å². The molecule has 0 fully saturated rings. The van der Waals surface area contributed by atoms with E-state index in [-0.39, 0.29) is 6.10 Å². The Labute approximate surface area is 112 Å². The molecule has 0 radical (unpaired) electrons. The molecular weight excluding hydrogens is 222 g/mol. The van der Waals surface area contributed by atoms with Crippen LogP contribution in [0.3, 0.4) is 0 Å². The highest BCUT2D eigenvalue weighted by molar-refractivity contribution is 5.33. The molecule has 1 atom stereocenters. The molecule has 102 valence electrons. The van der Waals surface area contributed by atoms with E-state index in [0.29, 0.717) is 6.04 Å². The van der Waals surface area contributed by atoms with Crippen LogP contribution in [0.1, 0.15) is 46.1 Å². The van der Waals surface area contributed by atoms with Crippen molar-refractivity contribution in [1.82, 2.24) is 5.32 Å². The zero-order valence-corrected chi connectivity index (χ0v) is 12.2. The topological polar surface area (TPSA) is 21.3 Å². The molecule has 0 saturated carbocycles. The molecule has 1 unspecified atom stereocenters. The highest BCUT2D eigenvalue weighted by Gasteiger charge is 2.11. The number of rotatable bonds is 8. The number of para-hydroxylation sites is 1. The summed E-state index contributed by atoms with van der Waals surface area (Å²) in [5.41, 5.74) is 1.29. The summed E-state index contributed by atoms with van der Waals surface area (Å²) in [7, 11) is 0. The zero-order valence-electron chi connectivity index (χ0n) is 12.2. The van der Waals surface area contributed by atoms with Crippen molar-refractivity contribution < 1.29 is 4.74 Å². The molecule has 1 N–H and O–H groups in total. The van der Waals surface area contributed by atoms with Crippen LogP contribution in [-0.4, -0.2) is 18.7 Å². The Morgan fingerprint density at radius 1 is 1.17 bits per heavy atom. The summed E-state index contributed by atoms with van der Waals surface area (Å²) in [4.78, 5) is 0. The van der Waals surface area contributed by atoms with Gasteiger partial charge >= 0.3 is 0 Å². The fourth-order valence-corrected chi connectivity index (χ4v) is 1.98. The van der Waals surface area contributed by atoms with E-state index in [2.05, 4.69) is 51.2 Å². The van der Waals surface area contributed by atoms with Crippen molar-refractivity contribution in [2.75, 3.05) is 6.54 Å². The van der Waals surface area contributed by atoms with Crippen molar-refractivity contribution in [3.8, 4) is 5.75 Å². The first-order valence-corrected chi connectivity index (χ1v) is 7.15. The average molecular weight is 249 g/mol. The third-order valence-electron chi connectivity index (χ3n) is 3.01. The molecule has 0 aliphatic rings. The Kier molecular flexibility index (Phi) is 6.81. The zero-order chi connectivity index (χ0) is 13.4. The lowest BCUT2D eigenvalue weighted by Gasteiger charge is -2.22. The lowest BCUT2D eigenvalue weighted by Crippen LogP contribution is -2.35. The molecule has 0 amide bonds. The summed E-state index contributed by atoms with van der Waals surface area (Å²) < 4.78 is 6.16. The van der Waals surface area contributed by atoms with Gasteiger partial charge in [0.15, 0.2) is 0 Å². The van der Waals surface area contributed by atoms with Gasteiger partial charge in [-0.1, -0.05) is 52.3 Å². The molecule has 0 saturated heterocycles. The van der Waals surface area contributed by atoms with Crippen molar-refractivity contribution in [3.63, 3.8) is 0 Å². The summed E-state index contributed by atoms with van der Waals surface area (Å²) in [5.74, 6) is 1.05. The van der Waals surface area contributed by atoms with Crippen LogP contribution in [0.15, 0.2) is 24.3 Å². The molecule has 1 rings (SSSR count). The predicted molar refractivity (Wildman–Crippen MR) is 78.3 cm³/mol. The summed E-state index contributed by atoms with van der Waals surface area (Å²) in [6.07, 6.45) is 3.54. The summed E-state index contributed by atoms with van der Waals surface area (Å²) >= 11 is 0. The number of benzene rings is 1. The highest BCUT2D eigenvalue weighted by atomic mass is 16.5. The Bertz CT molecular complexity index is 336. The second-order valence-corrected chi connectivity index (χ2v) is 5.05. The monoisotopic (exact) mass is 249 g/mol. The largest absolute Gasteiger partial charge is 0.489 e. The smallest absolute Gasteiger partial charge is 0.122 e. The Morgan fingerprint density at radius 2 is 1.89 bits per heavy atom. The molecule has 2 nitrogen and oxygen atoms in total. The van der Waals surface area contributed by atoms with Crippen LogP contribution in [0.4, 0.5) is 0 Å². The van der Waals surface area contributed by atoms with Gasteiger partial charge in [-0.25, -0.2) is 0 Å². The van der Waals surface area contributed by atoms with Crippen LogP contribution < -0.4 is 10.1 Å². The number of hydrogen-bond acceptors (Lipinski definition) is 2. The molecule has 1 aromatic carbocycles. The van der Waals surface area contributed by atoms with Gasteiger partial charge in [0.05, 0.1) is 0 Å². The highest BCUT2D eigenvalue weighted by Crippen LogP contribution is 2.20. The van der Waals surface area contributed by atoms with Gasteiger partial charge in [-0.15, -0.1) is 0 Å². The maximum absolute atomic E-state index is 6.16. The lowest BCUT2D eigenvalue weighted by molar-refractivity contribution is 0.182. The second kappa shape index (κ2) is 8.15. The van der Waals surface area contributed by atoms with Crippen molar-refractivity contribution >= 4 is 0 Å². The normalized spacial score (nSPS) is 12.7. The van der Waals surface area contributed by atoms with Gasteiger partial charge in [0.2, 0.25) is 0 Å². The van der Waals surface area contributed by atoms with Gasteiger partial charge in [0.25, 0.3) is 0 Å². The number of aryl methyl sites for hydroxylation is 1. The molecular formula is C16H27NO. The maximum atomic E-state index is 6.16. The second-order valence-electron chi connectivity index (χ2n) is 5.05. The van der Waals surface area contributed by atoms with Crippen LogP contribution in [0, 0.1) is 0 Å². The van der Waals surface area contributed by atoms with Crippen LogP contribution in [-0.2, 0) is 6.42 Å². The van der Waals surface area contributed by atoms with Crippen molar-refractivity contribution in [2.24, 2.45) is 0 Å². The maximum Gasteiger partial charge on any atom is 0.122 e. The van der Waals surface area contributed by atoms with Crippen molar-refractivity contribution in [2.45, 2.75) is 59.1 Å². The minimum atomic E-state index is 0.269. The van der Waals surface area contributed by atoms with E-state index in [1.807, 2.05) is 6.07 Å². The van der Waals surface area contributed by atoms with Gasteiger partial charge in [0.1, 0.15) is 11.9 Å². The standard InChI is InChI=1S/C16H27NO/c1-5-9-15(12-17-13(3)4)18-16-11-8-7-10-14(16)6-2/h7-8,10-11,13,15,17H,5-6,9,12H2,1-4H3. The van der Waals surface area contributed by atoms with E-state index in [0.717, 1.165) is 31.6 Å². The van der Waals surface area contributed by atoms with Crippen molar-refractivity contribution in [3.05, 3.63) is 29.8 Å². The molecule has 18 heavy (non-hydrogen) atoms. The van der Waals surface area contributed by atoms with Gasteiger partial charge in [0, 0.05) is 12.6 Å². The molecule has 0 bridgehead atoms. The number of ether oxygens (including phenoxy) is 1. The van der Waals surface area contributed by atoms with Crippen LogP contribution >= 0.6 is 0 Å². The average Bonchev–Trinajstić information content (AvgIpc) is 2.37. The Balaban J connectivity index is 2.63. The van der Waals surface area contributed by atoms with E-state index in [9.17, 15) is 0 Å². The number of nitrogens with one attached hydrogen (secondary N) is 1. The Hall–Kier alpha value is -1.02. The minimum Gasteiger partial charge on any atom is -0.489 e. The van der Waals surface area contributed by atoms with Gasteiger partial charge < -0.3 is 10.1 Å². The van der Waals surface area contributed by atoms with Gasteiger partial charge in [-0.3, -0.25) is 0 Å². The predicted octanol–water partition coefficient (Wildman–Crippen LogP) is 3.79. The Morgan fingerprint density at radius 3 is 2.50 bits per heavy atom. The molecule has 0 spiro atoms. The van der Waals surface area contributed by atoms with E-state index >= 15 is 0 Å². The summed E-state index contributed by atoms with van der Waals surface area (Å²) in [5, 5.41) is 3.46. The summed E-state index contributed by atoms with van der Waals surface area (Å²) in [6, 6.07) is 8.86. The van der Waals surface area contributed by atoms with Crippen LogP contribution in [0.5, 0.6) is 5.75 Å². The molecule has 0 heterocycles. The molecule has 1 aromatic rings. The van der Waals surface area contributed by atoms with Gasteiger partial charge in [-0.05, 0) is 24.5 Å². The first-order valence-electron chi connectivity index (χ1n) is 7.15. The fraction of sp³-hybridized carbons (Fsp3) is 0.625. The van der Waals surface area contributed by atoms with Crippen LogP contribution in [0.25, 0.3) is 0 Å². The fourth-order valence-electron chi connectivity index (χ4n) is 1.98. The van der Waals surface area contributed by atoms with Crippen LogP contribution in [0.2, 0.25) is 0 Å².